The van der Waals surface area contributed by atoms with Crippen LogP contribution in [-0.4, -0.2) is 85.2 Å². The Hall–Kier alpha value is -3.75. The molecular formula is C25H28N4O5. The van der Waals surface area contributed by atoms with Gasteiger partial charge in [-0.05, 0) is 43.2 Å². The summed E-state index contributed by atoms with van der Waals surface area (Å²) >= 11 is 0. The average molecular weight is 465 g/mol. The highest BCUT2D eigenvalue weighted by Gasteiger charge is 2.54. The molecule has 3 aliphatic rings. The van der Waals surface area contributed by atoms with Crippen LogP contribution in [0, 0.1) is 0 Å². The van der Waals surface area contributed by atoms with Gasteiger partial charge in [0.2, 0.25) is 12.7 Å². The highest BCUT2D eigenvalue weighted by Crippen LogP contribution is 2.40. The van der Waals surface area contributed by atoms with Gasteiger partial charge in [0, 0.05) is 38.4 Å². The van der Waals surface area contributed by atoms with E-state index in [9.17, 15) is 14.4 Å². The maximum atomic E-state index is 13.7. The third kappa shape index (κ3) is 3.70. The molecule has 1 spiro atoms. The molecule has 0 unspecified atom stereocenters. The number of carbonyl (C=O) groups is 3. The lowest BCUT2D eigenvalue weighted by Crippen LogP contribution is -2.57. The van der Waals surface area contributed by atoms with Gasteiger partial charge in [-0.3, -0.25) is 14.4 Å². The monoisotopic (exact) mass is 464 g/mol. The van der Waals surface area contributed by atoms with Gasteiger partial charge in [-0.1, -0.05) is 18.2 Å². The molecule has 9 heteroatoms. The largest absolute Gasteiger partial charge is 0.454 e. The third-order valence-corrected chi connectivity index (χ3v) is 6.90. The van der Waals surface area contributed by atoms with Crippen LogP contribution in [0.4, 0.5) is 5.69 Å². The number of likely N-dealkylation sites (N-methyl/N-ethyl adjacent to an activating group) is 1. The number of amides is 3. The zero-order valence-electron chi connectivity index (χ0n) is 19.4. The number of hydrogen-bond donors (Lipinski definition) is 0. The van der Waals surface area contributed by atoms with Crippen molar-refractivity contribution in [1.82, 2.24) is 14.7 Å². The van der Waals surface area contributed by atoms with Crippen LogP contribution in [0.2, 0.25) is 0 Å². The molecule has 3 amide bonds. The lowest BCUT2D eigenvalue weighted by Gasteiger charge is -2.43. The van der Waals surface area contributed by atoms with E-state index in [0.717, 1.165) is 5.69 Å². The molecule has 3 aliphatic heterocycles. The molecule has 5 rings (SSSR count). The van der Waals surface area contributed by atoms with Crippen molar-refractivity contribution in [2.45, 2.75) is 18.4 Å². The fraction of sp³-hybridized carbons (Fsp3) is 0.400. The standard InChI is InChI=1S/C25H28N4O5/c1-26(2)22(30)15-28-16-29(19-6-4-3-5-7-19)25(24(28)32)10-12-27(13-11-25)23(31)18-8-9-20-21(14-18)34-17-33-20/h3-9,14H,10-13,15-17H2,1-2H3. The van der Waals surface area contributed by atoms with E-state index in [1.54, 1.807) is 42.1 Å². The molecule has 0 N–H and O–H groups in total. The number of benzene rings is 2. The number of fused-ring (bicyclic) bond motifs is 1. The molecular weight excluding hydrogens is 436 g/mol. The molecule has 0 aromatic heterocycles. The average Bonchev–Trinajstić information content (AvgIpc) is 3.43. The second-order valence-corrected chi connectivity index (χ2v) is 9.09. The van der Waals surface area contributed by atoms with E-state index in [-0.39, 0.29) is 31.1 Å². The van der Waals surface area contributed by atoms with Gasteiger partial charge in [0.15, 0.2) is 11.5 Å². The number of para-hydroxylation sites is 1. The van der Waals surface area contributed by atoms with E-state index in [0.29, 0.717) is 49.7 Å². The topological polar surface area (TPSA) is 82.6 Å². The van der Waals surface area contributed by atoms with E-state index in [4.69, 9.17) is 9.47 Å². The van der Waals surface area contributed by atoms with Crippen LogP contribution in [-0.2, 0) is 9.59 Å². The summed E-state index contributed by atoms with van der Waals surface area (Å²) in [7, 11) is 3.38. The minimum absolute atomic E-state index is 0.0385. The fourth-order valence-corrected chi connectivity index (χ4v) is 4.92. The first kappa shape index (κ1) is 22.1. The normalized spacial score (nSPS) is 18.5. The van der Waals surface area contributed by atoms with Gasteiger partial charge in [-0.25, -0.2) is 0 Å². The first-order valence-corrected chi connectivity index (χ1v) is 11.4. The predicted octanol–water partition coefficient (Wildman–Crippen LogP) is 1.78. The Morgan fingerprint density at radius 1 is 1.00 bits per heavy atom. The zero-order chi connectivity index (χ0) is 23.9. The lowest BCUT2D eigenvalue weighted by molar-refractivity contribution is -0.139. The summed E-state index contributed by atoms with van der Waals surface area (Å²) in [4.78, 5) is 46.3. The van der Waals surface area contributed by atoms with Crippen molar-refractivity contribution in [2.24, 2.45) is 0 Å². The van der Waals surface area contributed by atoms with Crippen molar-refractivity contribution < 1.29 is 23.9 Å². The van der Waals surface area contributed by atoms with Crippen molar-refractivity contribution in [1.29, 1.82) is 0 Å². The molecule has 34 heavy (non-hydrogen) atoms. The van der Waals surface area contributed by atoms with E-state index >= 15 is 0 Å². The second kappa shape index (κ2) is 8.55. The molecule has 0 atom stereocenters. The van der Waals surface area contributed by atoms with E-state index in [1.807, 2.05) is 30.3 Å². The SMILES string of the molecule is CN(C)C(=O)CN1CN(c2ccccc2)C2(CCN(C(=O)c3ccc4c(c3)OCO4)CC2)C1=O. The maximum absolute atomic E-state index is 13.7. The zero-order valence-corrected chi connectivity index (χ0v) is 19.4. The number of anilines is 1. The second-order valence-electron chi connectivity index (χ2n) is 9.09. The van der Waals surface area contributed by atoms with Crippen LogP contribution in [0.5, 0.6) is 11.5 Å². The maximum Gasteiger partial charge on any atom is 0.253 e. The minimum atomic E-state index is -0.778. The van der Waals surface area contributed by atoms with Crippen LogP contribution in [0.15, 0.2) is 48.5 Å². The molecule has 9 nitrogen and oxygen atoms in total. The Kier molecular flexibility index (Phi) is 5.55. The number of carbonyl (C=O) groups excluding carboxylic acids is 3. The number of hydrogen-bond acceptors (Lipinski definition) is 6. The molecule has 0 bridgehead atoms. The summed E-state index contributed by atoms with van der Waals surface area (Å²) < 4.78 is 10.7. The Labute approximate surface area is 198 Å². The number of piperidine rings is 1. The summed E-state index contributed by atoms with van der Waals surface area (Å²) in [5.41, 5.74) is 0.696. The molecule has 2 aromatic carbocycles. The van der Waals surface area contributed by atoms with Gasteiger partial charge in [0.05, 0.1) is 6.67 Å². The quantitative estimate of drug-likeness (QED) is 0.686. The lowest BCUT2D eigenvalue weighted by atomic mass is 9.85. The summed E-state index contributed by atoms with van der Waals surface area (Å²) in [5.74, 6) is 0.943. The van der Waals surface area contributed by atoms with Crippen LogP contribution in [0.1, 0.15) is 23.2 Å². The molecule has 178 valence electrons. The highest BCUT2D eigenvalue weighted by molar-refractivity contribution is 5.98. The van der Waals surface area contributed by atoms with E-state index in [1.165, 1.54) is 4.90 Å². The Balaban J connectivity index is 1.36. The summed E-state index contributed by atoms with van der Waals surface area (Å²) in [5, 5.41) is 0. The van der Waals surface area contributed by atoms with Crippen molar-refractivity contribution in [3.05, 3.63) is 54.1 Å². The highest BCUT2D eigenvalue weighted by atomic mass is 16.7. The number of nitrogens with zero attached hydrogens (tertiary/aromatic N) is 4. The van der Waals surface area contributed by atoms with Gasteiger partial charge in [0.25, 0.3) is 11.8 Å². The molecule has 2 aromatic rings. The van der Waals surface area contributed by atoms with E-state index in [2.05, 4.69) is 4.90 Å². The minimum Gasteiger partial charge on any atom is -0.454 e. The van der Waals surface area contributed by atoms with Gasteiger partial charge < -0.3 is 29.1 Å². The molecule has 2 fully saturated rings. The van der Waals surface area contributed by atoms with Crippen molar-refractivity contribution in [2.75, 3.05) is 52.1 Å². The molecule has 0 aliphatic carbocycles. The summed E-state index contributed by atoms with van der Waals surface area (Å²) in [6.07, 6.45) is 0.980. The Morgan fingerprint density at radius 3 is 2.41 bits per heavy atom. The van der Waals surface area contributed by atoms with Crippen molar-refractivity contribution in [3.63, 3.8) is 0 Å². The predicted molar refractivity (Wildman–Crippen MR) is 125 cm³/mol. The van der Waals surface area contributed by atoms with Gasteiger partial charge in [-0.2, -0.15) is 0 Å². The first-order valence-electron chi connectivity index (χ1n) is 11.4. The van der Waals surface area contributed by atoms with E-state index < -0.39 is 5.54 Å². The number of ether oxygens (including phenoxy) is 2. The van der Waals surface area contributed by atoms with Crippen LogP contribution >= 0.6 is 0 Å². The van der Waals surface area contributed by atoms with Crippen LogP contribution in [0.3, 0.4) is 0 Å². The number of likely N-dealkylation sites (tertiary alicyclic amines) is 1. The van der Waals surface area contributed by atoms with Crippen molar-refractivity contribution in [3.8, 4) is 11.5 Å². The summed E-state index contributed by atoms with van der Waals surface area (Å²) in [6, 6.07) is 15.0. The van der Waals surface area contributed by atoms with Gasteiger partial charge >= 0.3 is 0 Å². The van der Waals surface area contributed by atoms with Crippen LogP contribution in [0.25, 0.3) is 0 Å². The number of rotatable bonds is 4. The Bertz CT molecular complexity index is 1110. The smallest absolute Gasteiger partial charge is 0.253 e. The van der Waals surface area contributed by atoms with Gasteiger partial charge in [0.1, 0.15) is 12.1 Å². The Morgan fingerprint density at radius 2 is 1.71 bits per heavy atom. The molecule has 2 saturated heterocycles. The van der Waals surface area contributed by atoms with Crippen molar-refractivity contribution >= 4 is 23.4 Å². The third-order valence-electron chi connectivity index (χ3n) is 6.90. The van der Waals surface area contributed by atoms with Crippen LogP contribution < -0.4 is 14.4 Å². The van der Waals surface area contributed by atoms with Gasteiger partial charge in [-0.15, -0.1) is 0 Å². The summed E-state index contributed by atoms with van der Waals surface area (Å²) in [6.45, 7) is 1.42. The molecule has 0 radical (unpaired) electrons. The molecule has 0 saturated carbocycles. The molecule has 3 heterocycles. The fourth-order valence-electron chi connectivity index (χ4n) is 4.92. The first-order chi connectivity index (χ1) is 16.4.